The average molecular weight is 531 g/mol. The van der Waals surface area contributed by atoms with E-state index in [0.29, 0.717) is 5.92 Å². The van der Waals surface area contributed by atoms with Gasteiger partial charge in [-0.15, -0.1) is 0 Å². The zero-order chi connectivity index (χ0) is 28.2. The van der Waals surface area contributed by atoms with Crippen LogP contribution in [0.4, 0.5) is 0 Å². The van der Waals surface area contributed by atoms with Crippen molar-refractivity contribution < 1.29 is 4.57 Å². The van der Waals surface area contributed by atoms with Crippen LogP contribution in [0.5, 0.6) is 0 Å². The Kier molecular flexibility index (Phi) is 6.12. The zero-order valence-corrected chi connectivity index (χ0v) is 24.6. The van der Waals surface area contributed by atoms with E-state index < -0.39 is 0 Å². The summed E-state index contributed by atoms with van der Waals surface area (Å²) < 4.78 is 2.42. The summed E-state index contributed by atoms with van der Waals surface area (Å²) in [5, 5.41) is 1.27. The quantitative estimate of drug-likeness (QED) is 0.200. The van der Waals surface area contributed by atoms with Gasteiger partial charge >= 0.3 is 0 Å². The average Bonchev–Trinajstić information content (AvgIpc) is 2.98. The molecule has 0 bridgehead atoms. The van der Waals surface area contributed by atoms with Crippen LogP contribution in [0.1, 0.15) is 30.5 Å². The van der Waals surface area contributed by atoms with Crippen LogP contribution in [0.25, 0.3) is 66.7 Å². The molecule has 0 saturated heterocycles. The predicted molar refractivity (Wildman–Crippen MR) is 174 cm³/mol. The maximum absolute atomic E-state index is 2.42. The molecule has 0 fully saturated rings. The van der Waals surface area contributed by atoms with Gasteiger partial charge in [0.15, 0.2) is 0 Å². The fourth-order valence-electron chi connectivity index (χ4n) is 6.85. The van der Waals surface area contributed by atoms with Crippen molar-refractivity contribution in [3.63, 3.8) is 0 Å². The lowest BCUT2D eigenvalue weighted by atomic mass is 9.77. The Balaban J connectivity index is 1.62. The summed E-state index contributed by atoms with van der Waals surface area (Å²) >= 11 is 0. The van der Waals surface area contributed by atoms with E-state index in [2.05, 4.69) is 149 Å². The van der Waals surface area contributed by atoms with Gasteiger partial charge in [-0.25, -0.2) is 0 Å². The molecule has 0 amide bonds. The van der Waals surface area contributed by atoms with Crippen LogP contribution in [-0.4, -0.2) is 0 Å². The van der Waals surface area contributed by atoms with Crippen molar-refractivity contribution in [2.24, 2.45) is 13.0 Å². The molecule has 0 atom stereocenters. The molecule has 0 spiro atoms. The molecule has 7 rings (SSSR count). The van der Waals surface area contributed by atoms with Gasteiger partial charge in [0.05, 0.1) is 5.56 Å². The number of fused-ring (bicyclic) bond motifs is 9. The van der Waals surface area contributed by atoms with Gasteiger partial charge in [-0.05, 0) is 94.0 Å². The normalized spacial score (nSPS) is 11.9. The third-order valence-electron chi connectivity index (χ3n) is 8.91. The van der Waals surface area contributed by atoms with Gasteiger partial charge in [-0.3, -0.25) is 0 Å². The smallest absolute Gasteiger partial charge is 0.194 e. The number of hydrogen-bond acceptors (Lipinski definition) is 0. The Hall–Kier alpha value is -4.49. The van der Waals surface area contributed by atoms with Gasteiger partial charge in [-0.1, -0.05) is 98.8 Å². The van der Waals surface area contributed by atoms with Crippen molar-refractivity contribution in [1.82, 2.24) is 0 Å². The molecule has 1 heterocycles. The standard InChI is InChI=1S/C40H36N/c1-25(2)22-28-18-19-29-20-21-37(41(5)38(29)24-28)39-27(4)26(3)23-36-34-16-9-8-14-32(34)30-12-6-7-13-31(30)33-15-10-11-17-35(33)40(36)39/h6-21,23-25H,22H2,1-5H3/q+1. The van der Waals surface area contributed by atoms with Gasteiger partial charge in [0.25, 0.3) is 0 Å². The van der Waals surface area contributed by atoms with E-state index in [1.54, 1.807) is 0 Å². The molecule has 1 aliphatic carbocycles. The van der Waals surface area contributed by atoms with E-state index in [4.69, 9.17) is 0 Å². The second kappa shape index (κ2) is 9.85. The first-order chi connectivity index (χ1) is 19.9. The van der Waals surface area contributed by atoms with Crippen LogP contribution < -0.4 is 4.57 Å². The number of benzene rings is 5. The summed E-state index contributed by atoms with van der Waals surface area (Å²) in [6.45, 7) is 9.15. The largest absolute Gasteiger partial charge is 0.213 e. The SMILES string of the molecule is Cc1cc2c(c(-c3ccc4ccc(CC(C)C)cc4[n+]3C)c1C)-c1ccccc1-c1ccccc1-c1ccccc1-2. The summed E-state index contributed by atoms with van der Waals surface area (Å²) in [5.41, 5.74) is 18.2. The molecular weight excluding hydrogens is 494 g/mol. The fourth-order valence-corrected chi connectivity index (χ4v) is 6.85. The van der Waals surface area contributed by atoms with Gasteiger partial charge in [0, 0.05) is 23.1 Å². The molecule has 200 valence electrons. The van der Waals surface area contributed by atoms with E-state index in [9.17, 15) is 0 Å². The molecule has 0 radical (unpaired) electrons. The Morgan fingerprint density at radius 3 is 1.66 bits per heavy atom. The third kappa shape index (κ3) is 4.11. The van der Waals surface area contributed by atoms with E-state index in [1.807, 2.05) is 0 Å². The molecular formula is C40H36N+. The summed E-state index contributed by atoms with van der Waals surface area (Å²) in [4.78, 5) is 0. The van der Waals surface area contributed by atoms with Gasteiger partial charge in [-0.2, -0.15) is 4.57 Å². The van der Waals surface area contributed by atoms with Gasteiger partial charge in [0.1, 0.15) is 7.05 Å². The summed E-state index contributed by atoms with van der Waals surface area (Å²) in [7, 11) is 2.24. The highest BCUT2D eigenvalue weighted by Gasteiger charge is 2.29. The number of hydrogen-bond donors (Lipinski definition) is 0. The lowest BCUT2D eigenvalue weighted by molar-refractivity contribution is -0.633. The second-order valence-corrected chi connectivity index (χ2v) is 12.0. The topological polar surface area (TPSA) is 3.88 Å². The summed E-state index contributed by atoms with van der Waals surface area (Å²) in [6.07, 6.45) is 1.09. The summed E-state index contributed by atoms with van der Waals surface area (Å²) in [6, 6.07) is 40.8. The van der Waals surface area contributed by atoms with Crippen LogP contribution in [0.15, 0.2) is 109 Å². The van der Waals surface area contributed by atoms with Crippen molar-refractivity contribution in [2.75, 3.05) is 0 Å². The Morgan fingerprint density at radius 2 is 1.07 bits per heavy atom. The molecule has 6 aromatic rings. The molecule has 0 saturated carbocycles. The van der Waals surface area contributed by atoms with Crippen LogP contribution in [-0.2, 0) is 13.5 Å². The van der Waals surface area contributed by atoms with Crippen LogP contribution in [0.3, 0.4) is 0 Å². The first-order valence-corrected chi connectivity index (χ1v) is 14.8. The molecule has 1 aromatic heterocycles. The van der Waals surface area contributed by atoms with Crippen molar-refractivity contribution in [3.05, 3.63) is 126 Å². The molecule has 0 unspecified atom stereocenters. The molecule has 0 N–H and O–H groups in total. The maximum Gasteiger partial charge on any atom is 0.213 e. The Morgan fingerprint density at radius 1 is 0.561 bits per heavy atom. The molecule has 5 aromatic carbocycles. The first kappa shape index (κ1) is 25.5. The number of rotatable bonds is 3. The molecule has 1 nitrogen and oxygen atoms in total. The fraction of sp³-hybridized carbons (Fsp3) is 0.175. The maximum atomic E-state index is 2.42. The molecule has 0 aliphatic heterocycles. The van der Waals surface area contributed by atoms with Crippen molar-refractivity contribution in [3.8, 4) is 55.8 Å². The number of pyridine rings is 1. The van der Waals surface area contributed by atoms with E-state index in [-0.39, 0.29) is 0 Å². The number of aromatic nitrogens is 1. The van der Waals surface area contributed by atoms with Crippen LogP contribution >= 0.6 is 0 Å². The van der Waals surface area contributed by atoms with Crippen molar-refractivity contribution >= 4 is 10.9 Å². The van der Waals surface area contributed by atoms with Gasteiger partial charge < -0.3 is 0 Å². The molecule has 1 heteroatoms. The lowest BCUT2D eigenvalue weighted by Crippen LogP contribution is -2.32. The monoisotopic (exact) mass is 530 g/mol. The zero-order valence-electron chi connectivity index (χ0n) is 24.6. The third-order valence-corrected chi connectivity index (χ3v) is 8.91. The second-order valence-electron chi connectivity index (χ2n) is 12.0. The Bertz CT molecular complexity index is 1970. The van der Waals surface area contributed by atoms with E-state index in [1.165, 1.54) is 83.4 Å². The van der Waals surface area contributed by atoms with Crippen LogP contribution in [0.2, 0.25) is 0 Å². The number of aryl methyl sites for hydroxylation is 2. The highest BCUT2D eigenvalue weighted by atomic mass is 14.9. The summed E-state index contributed by atoms with van der Waals surface area (Å²) in [5.74, 6) is 0.624. The highest BCUT2D eigenvalue weighted by Crippen LogP contribution is 2.51. The van der Waals surface area contributed by atoms with Crippen molar-refractivity contribution in [1.29, 1.82) is 0 Å². The molecule has 1 aliphatic rings. The van der Waals surface area contributed by atoms with E-state index >= 15 is 0 Å². The van der Waals surface area contributed by atoms with Crippen molar-refractivity contribution in [2.45, 2.75) is 34.1 Å². The van der Waals surface area contributed by atoms with Crippen LogP contribution in [0, 0.1) is 19.8 Å². The van der Waals surface area contributed by atoms with Gasteiger partial charge in [0.2, 0.25) is 11.2 Å². The Labute approximate surface area is 243 Å². The minimum absolute atomic E-state index is 0.624. The minimum atomic E-state index is 0.624. The van der Waals surface area contributed by atoms with E-state index in [0.717, 1.165) is 6.42 Å². The molecule has 41 heavy (non-hydrogen) atoms. The highest BCUT2D eigenvalue weighted by molar-refractivity contribution is 6.07. The minimum Gasteiger partial charge on any atom is -0.194 e. The first-order valence-electron chi connectivity index (χ1n) is 14.8. The lowest BCUT2D eigenvalue weighted by Gasteiger charge is -2.26. The predicted octanol–water partition coefficient (Wildman–Crippen LogP) is 10.1. The number of nitrogens with zero attached hydrogens (tertiary/aromatic N) is 1.